The maximum Gasteiger partial charge on any atom is 0.325 e. The molecule has 0 radical (unpaired) electrons. The Morgan fingerprint density at radius 2 is 1.89 bits per heavy atom. The zero-order valence-corrected chi connectivity index (χ0v) is 10.6. The zero-order valence-electron chi connectivity index (χ0n) is 10.6. The van der Waals surface area contributed by atoms with E-state index in [0.29, 0.717) is 0 Å². The zero-order chi connectivity index (χ0) is 14.2. The first-order chi connectivity index (χ1) is 8.91. The van der Waals surface area contributed by atoms with Gasteiger partial charge in [0.25, 0.3) is 5.91 Å². The van der Waals surface area contributed by atoms with Crippen molar-refractivity contribution in [3.05, 3.63) is 34.9 Å². The van der Waals surface area contributed by atoms with Gasteiger partial charge in [-0.15, -0.1) is 0 Å². The van der Waals surface area contributed by atoms with Crippen LogP contribution in [-0.4, -0.2) is 34.5 Å². The van der Waals surface area contributed by atoms with E-state index in [2.05, 4.69) is 5.32 Å². The first-order valence-electron chi connectivity index (χ1n) is 5.81. The van der Waals surface area contributed by atoms with Crippen LogP contribution >= 0.6 is 0 Å². The van der Waals surface area contributed by atoms with Gasteiger partial charge in [0, 0.05) is 0 Å². The number of carbonyl (C=O) groups is 3. The summed E-state index contributed by atoms with van der Waals surface area (Å²) in [4.78, 5) is 35.2. The first-order valence-corrected chi connectivity index (χ1v) is 5.81. The molecule has 3 amide bonds. The highest BCUT2D eigenvalue weighted by molar-refractivity contribution is 6.06. The minimum absolute atomic E-state index is 0.523. The molecule has 0 saturated carbocycles. The summed E-state index contributed by atoms with van der Waals surface area (Å²) in [6, 6.07) is 4.10. The standard InChI is InChI=1S/C13H14N2O4/c1-7-4-3-5-8(2)10(7)11-12(18)15(6-9(16)17)13(19)14-11/h3-5,11H,6H2,1-2H3,(H,14,19)(H,16,17)/t11-/m1/s1. The Kier molecular flexibility index (Phi) is 3.25. The fraction of sp³-hybridized carbons (Fsp3) is 0.308. The summed E-state index contributed by atoms with van der Waals surface area (Å²) in [5.74, 6) is -1.74. The van der Waals surface area contributed by atoms with E-state index < -0.39 is 30.5 Å². The van der Waals surface area contributed by atoms with E-state index in [9.17, 15) is 14.4 Å². The van der Waals surface area contributed by atoms with Crippen LogP contribution in [0.15, 0.2) is 18.2 Å². The minimum atomic E-state index is -1.22. The van der Waals surface area contributed by atoms with Crippen LogP contribution in [0, 0.1) is 13.8 Å². The largest absolute Gasteiger partial charge is 0.480 e. The van der Waals surface area contributed by atoms with Gasteiger partial charge in [0.15, 0.2) is 0 Å². The topological polar surface area (TPSA) is 86.7 Å². The Labute approximate surface area is 110 Å². The fourth-order valence-corrected chi connectivity index (χ4v) is 2.28. The van der Waals surface area contributed by atoms with Crippen molar-refractivity contribution in [3.63, 3.8) is 0 Å². The Balaban J connectivity index is 2.36. The number of hydrogen-bond donors (Lipinski definition) is 2. The molecule has 0 spiro atoms. The van der Waals surface area contributed by atoms with Gasteiger partial charge in [0.2, 0.25) is 0 Å². The van der Waals surface area contributed by atoms with Crippen LogP contribution in [0.3, 0.4) is 0 Å². The molecule has 1 atom stereocenters. The predicted octanol–water partition coefficient (Wildman–Crippen LogP) is 0.981. The molecule has 1 saturated heterocycles. The lowest BCUT2D eigenvalue weighted by Crippen LogP contribution is -2.35. The van der Waals surface area contributed by atoms with Crippen LogP contribution in [0.5, 0.6) is 0 Å². The highest BCUT2D eigenvalue weighted by Gasteiger charge is 2.40. The maximum atomic E-state index is 12.1. The maximum absolute atomic E-state index is 12.1. The van der Waals surface area contributed by atoms with Crippen LogP contribution in [0.1, 0.15) is 22.7 Å². The normalized spacial score (nSPS) is 18.6. The van der Waals surface area contributed by atoms with Crippen molar-refractivity contribution in [1.29, 1.82) is 0 Å². The molecular weight excluding hydrogens is 248 g/mol. The van der Waals surface area contributed by atoms with Gasteiger partial charge in [-0.25, -0.2) is 4.79 Å². The predicted molar refractivity (Wildman–Crippen MR) is 66.5 cm³/mol. The molecule has 1 fully saturated rings. The molecule has 1 aromatic rings. The van der Waals surface area contributed by atoms with E-state index in [1.807, 2.05) is 32.0 Å². The smallest absolute Gasteiger partial charge is 0.325 e. The summed E-state index contributed by atoms with van der Waals surface area (Å²) < 4.78 is 0. The number of aryl methyl sites for hydroxylation is 2. The second-order valence-corrected chi connectivity index (χ2v) is 4.51. The Morgan fingerprint density at radius 1 is 1.32 bits per heavy atom. The van der Waals surface area contributed by atoms with Gasteiger partial charge in [0.05, 0.1) is 0 Å². The van der Waals surface area contributed by atoms with E-state index in [1.165, 1.54) is 0 Å². The molecule has 100 valence electrons. The van der Waals surface area contributed by atoms with Crippen molar-refractivity contribution in [2.24, 2.45) is 0 Å². The Hall–Kier alpha value is -2.37. The number of nitrogens with zero attached hydrogens (tertiary/aromatic N) is 1. The molecule has 2 N–H and O–H groups in total. The number of benzene rings is 1. The van der Waals surface area contributed by atoms with Crippen molar-refractivity contribution in [3.8, 4) is 0 Å². The third kappa shape index (κ3) is 2.29. The number of carbonyl (C=O) groups excluding carboxylic acids is 2. The SMILES string of the molecule is Cc1cccc(C)c1[C@H]1NC(=O)N(CC(=O)O)C1=O. The lowest BCUT2D eigenvalue weighted by Gasteiger charge is -2.15. The van der Waals surface area contributed by atoms with Crippen molar-refractivity contribution < 1.29 is 19.5 Å². The molecule has 2 rings (SSSR count). The van der Waals surface area contributed by atoms with Gasteiger partial charge in [-0.3, -0.25) is 14.5 Å². The monoisotopic (exact) mass is 262 g/mol. The quantitative estimate of drug-likeness (QED) is 0.795. The molecule has 6 nitrogen and oxygen atoms in total. The number of urea groups is 1. The second-order valence-electron chi connectivity index (χ2n) is 4.51. The molecule has 0 bridgehead atoms. The summed E-state index contributed by atoms with van der Waals surface area (Å²) in [7, 11) is 0. The van der Waals surface area contributed by atoms with Gasteiger partial charge in [-0.1, -0.05) is 18.2 Å². The number of amides is 3. The molecule has 1 aliphatic heterocycles. The lowest BCUT2D eigenvalue weighted by atomic mass is 9.96. The molecule has 1 aromatic carbocycles. The number of carboxylic acids is 1. The highest BCUT2D eigenvalue weighted by atomic mass is 16.4. The van der Waals surface area contributed by atoms with Crippen LogP contribution in [-0.2, 0) is 9.59 Å². The number of imide groups is 1. The van der Waals surface area contributed by atoms with Crippen molar-refractivity contribution in [2.45, 2.75) is 19.9 Å². The molecule has 6 heteroatoms. The van der Waals surface area contributed by atoms with Gasteiger partial charge in [-0.05, 0) is 30.5 Å². The number of aliphatic carboxylic acids is 1. The molecule has 0 unspecified atom stereocenters. The fourth-order valence-electron chi connectivity index (χ4n) is 2.28. The molecule has 1 aliphatic rings. The number of hydrogen-bond acceptors (Lipinski definition) is 3. The molecule has 0 aliphatic carbocycles. The van der Waals surface area contributed by atoms with Gasteiger partial charge < -0.3 is 10.4 Å². The molecule has 1 heterocycles. The summed E-state index contributed by atoms with van der Waals surface area (Å²) in [6.45, 7) is 3.08. The summed E-state index contributed by atoms with van der Waals surface area (Å²) in [5, 5.41) is 11.2. The highest BCUT2D eigenvalue weighted by Crippen LogP contribution is 2.27. The van der Waals surface area contributed by atoms with E-state index in [1.54, 1.807) is 0 Å². The van der Waals surface area contributed by atoms with E-state index in [0.717, 1.165) is 21.6 Å². The number of carboxylic acid groups (broad SMARTS) is 1. The number of rotatable bonds is 3. The van der Waals surface area contributed by atoms with Crippen molar-refractivity contribution in [2.75, 3.05) is 6.54 Å². The van der Waals surface area contributed by atoms with Crippen molar-refractivity contribution in [1.82, 2.24) is 10.2 Å². The summed E-state index contributed by atoms with van der Waals surface area (Å²) in [5.41, 5.74) is 2.50. The molecular formula is C13H14N2O4. The number of nitrogens with one attached hydrogen (secondary N) is 1. The Morgan fingerprint density at radius 3 is 2.42 bits per heavy atom. The minimum Gasteiger partial charge on any atom is -0.480 e. The van der Waals surface area contributed by atoms with Gasteiger partial charge >= 0.3 is 12.0 Å². The van der Waals surface area contributed by atoms with Crippen LogP contribution < -0.4 is 5.32 Å². The van der Waals surface area contributed by atoms with Gasteiger partial charge in [0.1, 0.15) is 12.6 Å². The van der Waals surface area contributed by atoms with Crippen LogP contribution in [0.25, 0.3) is 0 Å². The van der Waals surface area contributed by atoms with Crippen molar-refractivity contribution >= 4 is 17.9 Å². The molecule has 19 heavy (non-hydrogen) atoms. The third-order valence-electron chi connectivity index (χ3n) is 3.15. The van der Waals surface area contributed by atoms with E-state index >= 15 is 0 Å². The van der Waals surface area contributed by atoms with Crippen LogP contribution in [0.2, 0.25) is 0 Å². The molecule has 0 aromatic heterocycles. The Bertz CT molecular complexity index is 548. The third-order valence-corrected chi connectivity index (χ3v) is 3.15. The first kappa shape index (κ1) is 13.1. The second kappa shape index (κ2) is 4.72. The average molecular weight is 262 g/mol. The van der Waals surface area contributed by atoms with Gasteiger partial charge in [-0.2, -0.15) is 0 Å². The summed E-state index contributed by atoms with van der Waals surface area (Å²) >= 11 is 0. The van der Waals surface area contributed by atoms with E-state index in [-0.39, 0.29) is 0 Å². The van der Waals surface area contributed by atoms with E-state index in [4.69, 9.17) is 5.11 Å². The van der Waals surface area contributed by atoms with Crippen LogP contribution in [0.4, 0.5) is 4.79 Å². The lowest BCUT2D eigenvalue weighted by molar-refractivity contribution is -0.141. The average Bonchev–Trinajstić information content (AvgIpc) is 2.57. The summed E-state index contributed by atoms with van der Waals surface area (Å²) in [6.07, 6.45) is 0.